The zero-order chi connectivity index (χ0) is 19.8. The maximum atomic E-state index is 12.7. The van der Waals surface area contributed by atoms with Gasteiger partial charge in [-0.15, -0.1) is 0 Å². The minimum absolute atomic E-state index is 0.0310. The van der Waals surface area contributed by atoms with Crippen LogP contribution in [0.4, 0.5) is 5.95 Å². The van der Waals surface area contributed by atoms with Crippen LogP contribution in [0, 0.1) is 6.92 Å². The Kier molecular flexibility index (Phi) is 5.37. The molecule has 27 heavy (non-hydrogen) atoms. The van der Waals surface area contributed by atoms with E-state index in [-0.39, 0.29) is 22.7 Å². The van der Waals surface area contributed by atoms with Crippen molar-refractivity contribution in [2.75, 3.05) is 5.32 Å². The highest BCUT2D eigenvalue weighted by molar-refractivity contribution is 6.30. The van der Waals surface area contributed by atoms with Crippen LogP contribution in [0.5, 0.6) is 0 Å². The van der Waals surface area contributed by atoms with Crippen molar-refractivity contribution < 1.29 is 0 Å². The number of benzene rings is 1. The molecule has 0 atom stereocenters. The lowest BCUT2D eigenvalue weighted by Gasteiger charge is -2.46. The summed E-state index contributed by atoms with van der Waals surface area (Å²) in [6, 6.07) is 7.80. The van der Waals surface area contributed by atoms with E-state index in [1.807, 2.05) is 31.2 Å². The molecule has 1 fully saturated rings. The number of piperidine rings is 1. The molecule has 1 aromatic heterocycles. The number of H-pyrrole nitrogens is 1. The smallest absolute Gasteiger partial charge is 0.256 e. The standard InChI is InChI=1S/C21H29ClN4O/c1-13-17(10-14-6-8-15(22)9-7-14)18(27)25-19(23-13)24-16-11-20(2,3)26-21(4,5)12-16/h6-9,16,26H,10-12H2,1-5H3,(H2,23,24,25,27). The van der Waals surface area contributed by atoms with Crippen LogP contribution in [0.2, 0.25) is 5.02 Å². The Labute approximate surface area is 166 Å². The number of hydrogen-bond acceptors (Lipinski definition) is 4. The molecule has 1 aromatic carbocycles. The highest BCUT2D eigenvalue weighted by Gasteiger charge is 2.37. The molecule has 0 bridgehead atoms. The van der Waals surface area contributed by atoms with Gasteiger partial charge in [-0.25, -0.2) is 4.98 Å². The highest BCUT2D eigenvalue weighted by Crippen LogP contribution is 2.29. The first-order chi connectivity index (χ1) is 12.5. The molecule has 0 radical (unpaired) electrons. The van der Waals surface area contributed by atoms with Crippen LogP contribution >= 0.6 is 11.6 Å². The van der Waals surface area contributed by atoms with Crippen molar-refractivity contribution in [2.45, 2.75) is 71.0 Å². The molecule has 1 aliphatic heterocycles. The molecule has 0 aliphatic carbocycles. The molecule has 0 saturated carbocycles. The van der Waals surface area contributed by atoms with Crippen LogP contribution in [0.3, 0.4) is 0 Å². The average Bonchev–Trinajstić information content (AvgIpc) is 2.49. The van der Waals surface area contributed by atoms with Crippen LogP contribution in [0.1, 0.15) is 57.4 Å². The van der Waals surface area contributed by atoms with E-state index in [4.69, 9.17) is 11.6 Å². The average molecular weight is 389 g/mol. The summed E-state index contributed by atoms with van der Waals surface area (Å²) in [5, 5.41) is 7.81. The van der Waals surface area contributed by atoms with Gasteiger partial charge >= 0.3 is 0 Å². The third-order valence-corrected chi connectivity index (χ3v) is 5.30. The van der Waals surface area contributed by atoms with Crippen molar-refractivity contribution in [2.24, 2.45) is 0 Å². The van der Waals surface area contributed by atoms with E-state index in [0.717, 1.165) is 24.1 Å². The topological polar surface area (TPSA) is 69.8 Å². The van der Waals surface area contributed by atoms with Gasteiger partial charge in [0.05, 0.1) is 5.69 Å². The highest BCUT2D eigenvalue weighted by atomic mass is 35.5. The fourth-order valence-electron chi connectivity index (χ4n) is 4.31. The van der Waals surface area contributed by atoms with Crippen LogP contribution in [0.25, 0.3) is 0 Å². The summed E-state index contributed by atoms with van der Waals surface area (Å²) in [7, 11) is 0. The summed E-state index contributed by atoms with van der Waals surface area (Å²) in [5.74, 6) is 0.552. The van der Waals surface area contributed by atoms with Gasteiger partial charge in [0.15, 0.2) is 0 Å². The van der Waals surface area contributed by atoms with E-state index in [1.54, 1.807) is 0 Å². The zero-order valence-electron chi connectivity index (χ0n) is 16.7. The molecule has 1 aliphatic rings. The number of rotatable bonds is 4. The molecule has 2 heterocycles. The molecule has 3 rings (SSSR count). The molecule has 6 heteroatoms. The number of anilines is 1. The van der Waals surface area contributed by atoms with Crippen molar-refractivity contribution in [3.05, 3.63) is 56.5 Å². The minimum Gasteiger partial charge on any atom is -0.353 e. The molecule has 5 nitrogen and oxygen atoms in total. The van der Waals surface area contributed by atoms with Crippen molar-refractivity contribution in [1.29, 1.82) is 0 Å². The minimum atomic E-state index is -0.0904. The van der Waals surface area contributed by atoms with E-state index in [1.165, 1.54) is 0 Å². The third kappa shape index (κ3) is 5.11. The first-order valence-corrected chi connectivity index (χ1v) is 9.81. The van der Waals surface area contributed by atoms with Crippen molar-refractivity contribution in [1.82, 2.24) is 15.3 Å². The summed E-state index contributed by atoms with van der Waals surface area (Å²) < 4.78 is 0. The third-order valence-electron chi connectivity index (χ3n) is 5.05. The Morgan fingerprint density at radius 2 is 1.74 bits per heavy atom. The first-order valence-electron chi connectivity index (χ1n) is 9.43. The maximum Gasteiger partial charge on any atom is 0.256 e. The number of nitrogens with zero attached hydrogens (tertiary/aromatic N) is 1. The van der Waals surface area contributed by atoms with E-state index in [9.17, 15) is 4.79 Å². The summed E-state index contributed by atoms with van der Waals surface area (Å²) in [6.45, 7) is 10.7. The monoisotopic (exact) mass is 388 g/mol. The lowest BCUT2D eigenvalue weighted by atomic mass is 9.80. The predicted octanol–water partition coefficient (Wildman–Crippen LogP) is 4.04. The van der Waals surface area contributed by atoms with Gasteiger partial charge in [0.2, 0.25) is 5.95 Å². The quantitative estimate of drug-likeness (QED) is 0.739. The van der Waals surface area contributed by atoms with E-state index >= 15 is 0 Å². The zero-order valence-corrected chi connectivity index (χ0v) is 17.5. The molecule has 146 valence electrons. The van der Waals surface area contributed by atoms with Gasteiger partial charge in [0.1, 0.15) is 0 Å². The van der Waals surface area contributed by atoms with Crippen LogP contribution < -0.4 is 16.2 Å². The van der Waals surface area contributed by atoms with Gasteiger partial charge in [-0.3, -0.25) is 9.78 Å². The summed E-state index contributed by atoms with van der Waals surface area (Å²) in [5.41, 5.74) is 2.45. The van der Waals surface area contributed by atoms with Crippen LogP contribution in [0.15, 0.2) is 29.1 Å². The molecular weight excluding hydrogens is 360 g/mol. The molecular formula is C21H29ClN4O. The van der Waals surface area contributed by atoms with Crippen LogP contribution in [-0.2, 0) is 6.42 Å². The van der Waals surface area contributed by atoms with Crippen molar-refractivity contribution in [3.8, 4) is 0 Å². The number of aromatic nitrogens is 2. The van der Waals surface area contributed by atoms with Gasteiger partial charge in [-0.2, -0.15) is 0 Å². The summed E-state index contributed by atoms with van der Waals surface area (Å²) >= 11 is 5.94. The molecule has 1 saturated heterocycles. The summed E-state index contributed by atoms with van der Waals surface area (Å²) in [4.78, 5) is 20.2. The molecule has 0 unspecified atom stereocenters. The predicted molar refractivity (Wildman–Crippen MR) is 112 cm³/mol. The van der Waals surface area contributed by atoms with E-state index in [0.29, 0.717) is 23.0 Å². The number of halogens is 1. The van der Waals surface area contributed by atoms with Gasteiger partial charge < -0.3 is 10.6 Å². The largest absolute Gasteiger partial charge is 0.353 e. The summed E-state index contributed by atoms with van der Waals surface area (Å²) in [6.07, 6.45) is 2.47. The number of nitrogens with one attached hydrogen (secondary N) is 3. The van der Waals surface area contributed by atoms with E-state index < -0.39 is 0 Å². The second kappa shape index (κ2) is 7.28. The first kappa shape index (κ1) is 19.9. The molecule has 0 amide bonds. The number of aromatic amines is 1. The fraction of sp³-hybridized carbons (Fsp3) is 0.524. The second-order valence-electron chi connectivity index (χ2n) is 8.92. The molecule has 3 N–H and O–H groups in total. The SMILES string of the molecule is Cc1nc(NC2CC(C)(C)NC(C)(C)C2)[nH]c(=O)c1Cc1ccc(Cl)cc1. The Balaban J connectivity index is 1.78. The Bertz CT molecular complexity index is 855. The van der Waals surface area contributed by atoms with E-state index in [2.05, 4.69) is 48.3 Å². The maximum absolute atomic E-state index is 12.7. The Morgan fingerprint density at radius 3 is 2.30 bits per heavy atom. The normalized spacial score (nSPS) is 19.0. The molecule has 0 spiro atoms. The number of hydrogen-bond donors (Lipinski definition) is 3. The van der Waals surface area contributed by atoms with Gasteiger partial charge in [0.25, 0.3) is 5.56 Å². The Hall–Kier alpha value is -1.85. The lowest BCUT2D eigenvalue weighted by Crippen LogP contribution is -2.60. The van der Waals surface area contributed by atoms with Gasteiger partial charge in [0, 0.05) is 34.1 Å². The number of aryl methyl sites for hydroxylation is 1. The van der Waals surface area contributed by atoms with Crippen molar-refractivity contribution >= 4 is 17.5 Å². The van der Waals surface area contributed by atoms with Gasteiger partial charge in [-0.1, -0.05) is 23.7 Å². The van der Waals surface area contributed by atoms with Crippen LogP contribution in [-0.4, -0.2) is 27.1 Å². The lowest BCUT2D eigenvalue weighted by molar-refractivity contribution is 0.170. The Morgan fingerprint density at radius 1 is 1.15 bits per heavy atom. The second-order valence-corrected chi connectivity index (χ2v) is 9.36. The molecule has 2 aromatic rings. The van der Waals surface area contributed by atoms with Gasteiger partial charge in [-0.05, 0) is 65.2 Å². The van der Waals surface area contributed by atoms with Crippen molar-refractivity contribution in [3.63, 3.8) is 0 Å². The fourth-order valence-corrected chi connectivity index (χ4v) is 4.44.